The highest BCUT2D eigenvalue weighted by atomic mass is 32.1. The highest BCUT2D eigenvalue weighted by Gasteiger charge is 2.23. The number of carbonyl (C=O) groups excluding carboxylic acids is 2. The summed E-state index contributed by atoms with van der Waals surface area (Å²) in [5.74, 6) is -0.989. The molecule has 1 aliphatic rings. The van der Waals surface area contributed by atoms with Crippen molar-refractivity contribution in [2.75, 3.05) is 49.1 Å². The number of rotatable bonds is 7. The molecule has 0 aliphatic carbocycles. The number of hydrogen-bond donors (Lipinski definition) is 1. The lowest BCUT2D eigenvalue weighted by molar-refractivity contribution is -0.120. The Morgan fingerprint density at radius 3 is 2.48 bits per heavy atom. The molecule has 2 aromatic rings. The molecule has 0 unspecified atom stereocenters. The van der Waals surface area contributed by atoms with Crippen molar-refractivity contribution in [1.29, 1.82) is 0 Å². The van der Waals surface area contributed by atoms with Gasteiger partial charge >= 0.3 is 0 Å². The van der Waals surface area contributed by atoms with Gasteiger partial charge in [-0.3, -0.25) is 14.5 Å². The van der Waals surface area contributed by atoms with Crippen LogP contribution in [0.1, 0.15) is 6.42 Å². The molecule has 0 radical (unpaired) electrons. The van der Waals surface area contributed by atoms with Crippen LogP contribution in [0.2, 0.25) is 0 Å². The Balaban J connectivity index is 1.60. The quantitative estimate of drug-likeness (QED) is 0.770. The number of thiazole rings is 1. The lowest BCUT2D eigenvalue weighted by Gasteiger charge is -2.35. The topological polar surface area (TPSA) is 82.8 Å². The van der Waals surface area contributed by atoms with E-state index in [9.17, 15) is 14.0 Å². The van der Waals surface area contributed by atoms with Gasteiger partial charge in [0.15, 0.2) is 5.13 Å². The number of nitrogens with zero attached hydrogens (tertiary/aromatic N) is 4. The second-order valence-electron chi connectivity index (χ2n) is 6.32. The summed E-state index contributed by atoms with van der Waals surface area (Å²) in [6, 6.07) is 5.67. The van der Waals surface area contributed by atoms with Crippen LogP contribution in [-0.4, -0.2) is 61.0 Å². The molecule has 2 N–H and O–H groups in total. The summed E-state index contributed by atoms with van der Waals surface area (Å²) < 4.78 is 13.2. The molecular formula is C18H22FN5O2S. The first kappa shape index (κ1) is 19.2. The SMILES string of the molecule is NC(=O)CCN(C(=O)CN1CCN(c2nccs2)CC1)c1ccc(F)cc1. The summed E-state index contributed by atoms with van der Waals surface area (Å²) in [6.45, 7) is 3.52. The molecule has 2 heterocycles. The highest BCUT2D eigenvalue weighted by molar-refractivity contribution is 7.13. The second-order valence-corrected chi connectivity index (χ2v) is 7.19. The molecule has 0 spiro atoms. The van der Waals surface area contributed by atoms with Gasteiger partial charge in [-0.1, -0.05) is 0 Å². The van der Waals surface area contributed by atoms with E-state index in [0.717, 1.165) is 31.3 Å². The molecule has 1 saturated heterocycles. The average Bonchev–Trinajstić information content (AvgIpc) is 3.18. The van der Waals surface area contributed by atoms with Crippen LogP contribution in [-0.2, 0) is 9.59 Å². The smallest absolute Gasteiger partial charge is 0.241 e. The lowest BCUT2D eigenvalue weighted by Crippen LogP contribution is -2.50. The average molecular weight is 391 g/mol. The van der Waals surface area contributed by atoms with Gasteiger partial charge in [0, 0.05) is 56.4 Å². The Kier molecular flexibility index (Phi) is 6.36. The van der Waals surface area contributed by atoms with Crippen molar-refractivity contribution in [3.05, 3.63) is 41.7 Å². The van der Waals surface area contributed by atoms with Crippen LogP contribution in [0.3, 0.4) is 0 Å². The minimum Gasteiger partial charge on any atom is -0.370 e. The van der Waals surface area contributed by atoms with Crippen LogP contribution in [0.4, 0.5) is 15.2 Å². The molecule has 0 saturated carbocycles. The maximum Gasteiger partial charge on any atom is 0.241 e. The number of aromatic nitrogens is 1. The van der Waals surface area contributed by atoms with Crippen molar-refractivity contribution in [1.82, 2.24) is 9.88 Å². The van der Waals surface area contributed by atoms with E-state index in [2.05, 4.69) is 14.8 Å². The number of hydrogen-bond acceptors (Lipinski definition) is 6. The van der Waals surface area contributed by atoms with Gasteiger partial charge in [0.1, 0.15) is 5.82 Å². The lowest BCUT2D eigenvalue weighted by atomic mass is 10.2. The van der Waals surface area contributed by atoms with E-state index < -0.39 is 5.91 Å². The molecule has 1 aromatic carbocycles. The molecule has 9 heteroatoms. The molecular weight excluding hydrogens is 369 g/mol. The Morgan fingerprint density at radius 1 is 1.19 bits per heavy atom. The van der Waals surface area contributed by atoms with Gasteiger partial charge in [-0.15, -0.1) is 11.3 Å². The second kappa shape index (κ2) is 8.92. The van der Waals surface area contributed by atoms with Crippen molar-refractivity contribution in [2.45, 2.75) is 6.42 Å². The Hall–Kier alpha value is -2.52. The van der Waals surface area contributed by atoms with Crippen molar-refractivity contribution >= 4 is 34.0 Å². The third-order valence-corrected chi connectivity index (χ3v) is 5.27. The Bertz CT molecular complexity index is 761. The highest BCUT2D eigenvalue weighted by Crippen LogP contribution is 2.20. The van der Waals surface area contributed by atoms with Gasteiger partial charge in [0.25, 0.3) is 0 Å². The van der Waals surface area contributed by atoms with Gasteiger partial charge in [0.05, 0.1) is 6.54 Å². The number of benzene rings is 1. The van der Waals surface area contributed by atoms with Crippen LogP contribution >= 0.6 is 11.3 Å². The van der Waals surface area contributed by atoms with E-state index in [1.807, 2.05) is 5.38 Å². The summed E-state index contributed by atoms with van der Waals surface area (Å²) in [5, 5.41) is 2.94. The van der Waals surface area contributed by atoms with Gasteiger partial charge in [-0.2, -0.15) is 0 Å². The third kappa shape index (κ3) is 5.24. The predicted molar refractivity (Wildman–Crippen MR) is 103 cm³/mol. The maximum atomic E-state index is 13.2. The van der Waals surface area contributed by atoms with Crippen molar-refractivity contribution in [3.63, 3.8) is 0 Å². The zero-order chi connectivity index (χ0) is 19.2. The van der Waals surface area contributed by atoms with E-state index in [-0.39, 0.29) is 31.2 Å². The number of carbonyl (C=O) groups is 2. The summed E-state index contributed by atoms with van der Waals surface area (Å²) in [6.07, 6.45) is 1.84. The fourth-order valence-electron chi connectivity index (χ4n) is 2.99. The molecule has 27 heavy (non-hydrogen) atoms. The number of piperazine rings is 1. The molecule has 1 fully saturated rings. The predicted octanol–water partition coefficient (Wildman–Crippen LogP) is 1.31. The van der Waals surface area contributed by atoms with E-state index in [1.165, 1.54) is 29.2 Å². The van der Waals surface area contributed by atoms with Crippen LogP contribution < -0.4 is 15.5 Å². The molecule has 0 bridgehead atoms. The van der Waals surface area contributed by atoms with E-state index in [4.69, 9.17) is 5.73 Å². The van der Waals surface area contributed by atoms with Crippen LogP contribution in [0.15, 0.2) is 35.8 Å². The van der Waals surface area contributed by atoms with Crippen LogP contribution in [0.25, 0.3) is 0 Å². The first-order valence-corrected chi connectivity index (χ1v) is 9.62. The minimum absolute atomic E-state index is 0.0565. The number of nitrogens with two attached hydrogens (primary N) is 1. The zero-order valence-corrected chi connectivity index (χ0v) is 15.7. The summed E-state index contributed by atoms with van der Waals surface area (Å²) >= 11 is 1.60. The van der Waals surface area contributed by atoms with Crippen LogP contribution in [0.5, 0.6) is 0 Å². The first-order chi connectivity index (χ1) is 13.0. The standard InChI is InChI=1S/C18H22FN5O2S/c19-14-1-3-15(4-2-14)24(7-5-16(20)25)17(26)13-22-8-10-23(11-9-22)18-21-6-12-27-18/h1-4,6,12H,5,7-11,13H2,(H2,20,25). The molecule has 7 nitrogen and oxygen atoms in total. The fraction of sp³-hybridized carbons (Fsp3) is 0.389. The number of halogens is 1. The van der Waals surface area contributed by atoms with E-state index >= 15 is 0 Å². The fourth-order valence-corrected chi connectivity index (χ4v) is 3.68. The zero-order valence-electron chi connectivity index (χ0n) is 14.9. The number of anilines is 2. The van der Waals surface area contributed by atoms with Crippen molar-refractivity contribution < 1.29 is 14.0 Å². The summed E-state index contributed by atoms with van der Waals surface area (Å²) in [4.78, 5) is 34.1. The molecule has 1 aliphatic heterocycles. The van der Waals surface area contributed by atoms with E-state index in [0.29, 0.717) is 5.69 Å². The molecule has 3 rings (SSSR count). The monoisotopic (exact) mass is 391 g/mol. The van der Waals surface area contributed by atoms with Crippen molar-refractivity contribution in [3.8, 4) is 0 Å². The number of primary amides is 1. The largest absolute Gasteiger partial charge is 0.370 e. The van der Waals surface area contributed by atoms with Gasteiger partial charge in [0.2, 0.25) is 11.8 Å². The molecule has 1 aromatic heterocycles. The Morgan fingerprint density at radius 2 is 1.89 bits per heavy atom. The minimum atomic E-state index is -0.480. The maximum absolute atomic E-state index is 13.2. The number of amides is 2. The van der Waals surface area contributed by atoms with Gasteiger partial charge in [-0.25, -0.2) is 9.37 Å². The third-order valence-electron chi connectivity index (χ3n) is 4.44. The molecule has 144 valence electrons. The normalized spacial score (nSPS) is 14.9. The summed E-state index contributed by atoms with van der Waals surface area (Å²) in [5.41, 5.74) is 5.79. The summed E-state index contributed by atoms with van der Waals surface area (Å²) in [7, 11) is 0. The Labute approximate surface area is 161 Å². The van der Waals surface area contributed by atoms with Gasteiger partial charge < -0.3 is 15.5 Å². The van der Waals surface area contributed by atoms with E-state index in [1.54, 1.807) is 17.5 Å². The van der Waals surface area contributed by atoms with Gasteiger partial charge in [-0.05, 0) is 24.3 Å². The molecule has 2 amide bonds. The van der Waals surface area contributed by atoms with Crippen LogP contribution in [0, 0.1) is 5.82 Å². The first-order valence-electron chi connectivity index (χ1n) is 8.74. The molecule has 0 atom stereocenters. The van der Waals surface area contributed by atoms with Crippen molar-refractivity contribution in [2.24, 2.45) is 5.73 Å².